The van der Waals surface area contributed by atoms with Gasteiger partial charge in [0.15, 0.2) is 0 Å². The second-order valence-electron chi connectivity index (χ2n) is 3.91. The number of nitrogens with one attached hydrogen (secondary N) is 1. The summed E-state index contributed by atoms with van der Waals surface area (Å²) in [6, 6.07) is 2.30. The molecule has 0 bridgehead atoms. The van der Waals surface area contributed by atoms with Crippen LogP contribution in [0, 0.1) is 12.3 Å². The molecule has 0 heterocycles. The minimum Gasteiger partial charge on any atom is -0.478 e. The molecular formula is C13H12N2O5. The van der Waals surface area contributed by atoms with Gasteiger partial charge in [-0.25, -0.2) is 9.59 Å². The van der Waals surface area contributed by atoms with Crippen molar-refractivity contribution in [2.45, 2.75) is 12.5 Å². The molecule has 104 valence electrons. The number of anilines is 1. The van der Waals surface area contributed by atoms with E-state index in [-0.39, 0.29) is 23.2 Å². The molecule has 7 heteroatoms. The molecule has 0 aliphatic rings. The van der Waals surface area contributed by atoms with E-state index in [1.165, 1.54) is 0 Å². The number of aromatic carboxylic acids is 2. The summed E-state index contributed by atoms with van der Waals surface area (Å²) < 4.78 is 0. The topological polar surface area (TPSA) is 130 Å². The van der Waals surface area contributed by atoms with Crippen molar-refractivity contribution >= 4 is 23.5 Å². The van der Waals surface area contributed by atoms with Crippen LogP contribution in [-0.2, 0) is 4.79 Å². The summed E-state index contributed by atoms with van der Waals surface area (Å²) in [5.41, 5.74) is 4.99. The molecule has 7 nitrogen and oxygen atoms in total. The largest absolute Gasteiger partial charge is 0.478 e. The first kappa shape index (κ1) is 15.2. The van der Waals surface area contributed by atoms with Crippen LogP contribution in [0.15, 0.2) is 18.2 Å². The Labute approximate surface area is 114 Å². The molecule has 1 amide bonds. The molecule has 0 aromatic heterocycles. The smallest absolute Gasteiger partial charge is 0.335 e. The highest BCUT2D eigenvalue weighted by Gasteiger charge is 2.16. The molecule has 1 rings (SSSR count). The fraction of sp³-hybridized carbons (Fsp3) is 0.154. The fourth-order valence-electron chi connectivity index (χ4n) is 1.40. The van der Waals surface area contributed by atoms with Gasteiger partial charge in [-0.2, -0.15) is 0 Å². The standard InChI is InChI=1S/C13H12N2O5/c1-2-3-10(14)11(16)15-9-5-7(12(17)18)4-8(6-9)13(19)20/h1,4-6,10H,3,14H2,(H,15,16)(H,17,18)(H,19,20). The van der Waals surface area contributed by atoms with E-state index in [1.54, 1.807) is 0 Å². The zero-order valence-corrected chi connectivity index (χ0v) is 10.3. The summed E-state index contributed by atoms with van der Waals surface area (Å²) in [6.45, 7) is 0. The summed E-state index contributed by atoms with van der Waals surface area (Å²) in [6.07, 6.45) is 5.03. The van der Waals surface area contributed by atoms with Crippen LogP contribution >= 0.6 is 0 Å². The second-order valence-corrected chi connectivity index (χ2v) is 3.91. The predicted molar refractivity (Wildman–Crippen MR) is 70.4 cm³/mol. The Bertz CT molecular complexity index is 571. The quantitative estimate of drug-likeness (QED) is 0.575. The van der Waals surface area contributed by atoms with Crippen molar-refractivity contribution in [3.8, 4) is 12.3 Å². The van der Waals surface area contributed by atoms with Crippen molar-refractivity contribution in [2.24, 2.45) is 5.73 Å². The van der Waals surface area contributed by atoms with Gasteiger partial charge in [0, 0.05) is 12.1 Å². The van der Waals surface area contributed by atoms with Gasteiger partial charge in [0.2, 0.25) is 5.91 Å². The maximum Gasteiger partial charge on any atom is 0.335 e. The number of carboxylic acid groups (broad SMARTS) is 2. The van der Waals surface area contributed by atoms with Crippen molar-refractivity contribution in [1.82, 2.24) is 0 Å². The van der Waals surface area contributed by atoms with Crippen LogP contribution in [0.3, 0.4) is 0 Å². The van der Waals surface area contributed by atoms with Gasteiger partial charge < -0.3 is 21.3 Å². The second kappa shape index (κ2) is 6.36. The molecule has 1 aromatic carbocycles. The Morgan fingerprint density at radius 2 is 1.70 bits per heavy atom. The first-order valence-corrected chi connectivity index (χ1v) is 5.46. The summed E-state index contributed by atoms with van der Waals surface area (Å²) in [7, 11) is 0. The highest BCUT2D eigenvalue weighted by Crippen LogP contribution is 2.16. The lowest BCUT2D eigenvalue weighted by molar-refractivity contribution is -0.117. The van der Waals surface area contributed by atoms with E-state index in [1.807, 2.05) is 0 Å². The van der Waals surface area contributed by atoms with Gasteiger partial charge >= 0.3 is 11.9 Å². The number of nitrogens with two attached hydrogens (primary N) is 1. The molecule has 20 heavy (non-hydrogen) atoms. The minimum atomic E-state index is -1.31. The van der Waals surface area contributed by atoms with E-state index >= 15 is 0 Å². The number of carbonyl (C=O) groups excluding carboxylic acids is 1. The lowest BCUT2D eigenvalue weighted by atomic mass is 10.1. The Morgan fingerprint density at radius 1 is 1.20 bits per heavy atom. The van der Waals surface area contributed by atoms with Crippen molar-refractivity contribution in [2.75, 3.05) is 5.32 Å². The van der Waals surface area contributed by atoms with Crippen LogP contribution in [0.25, 0.3) is 0 Å². The molecule has 0 saturated heterocycles. The van der Waals surface area contributed by atoms with E-state index < -0.39 is 23.9 Å². The van der Waals surface area contributed by atoms with Crippen molar-refractivity contribution in [3.05, 3.63) is 29.3 Å². The average Bonchev–Trinajstić information content (AvgIpc) is 2.38. The lowest BCUT2D eigenvalue weighted by Crippen LogP contribution is -2.35. The third kappa shape index (κ3) is 3.83. The highest BCUT2D eigenvalue weighted by atomic mass is 16.4. The molecule has 0 saturated carbocycles. The summed E-state index contributed by atoms with van der Waals surface area (Å²) in [4.78, 5) is 33.4. The van der Waals surface area contributed by atoms with Crippen LogP contribution < -0.4 is 11.1 Å². The van der Waals surface area contributed by atoms with Gasteiger partial charge in [-0.15, -0.1) is 12.3 Å². The fourth-order valence-corrected chi connectivity index (χ4v) is 1.40. The number of carboxylic acids is 2. The number of benzene rings is 1. The van der Waals surface area contributed by atoms with Crippen LogP contribution in [0.1, 0.15) is 27.1 Å². The van der Waals surface area contributed by atoms with E-state index in [9.17, 15) is 14.4 Å². The zero-order valence-electron chi connectivity index (χ0n) is 10.3. The van der Waals surface area contributed by atoms with E-state index in [2.05, 4.69) is 11.2 Å². The third-order valence-corrected chi connectivity index (χ3v) is 2.37. The molecule has 0 spiro atoms. The maximum atomic E-state index is 11.6. The average molecular weight is 276 g/mol. The first-order valence-electron chi connectivity index (χ1n) is 5.46. The molecule has 0 fully saturated rings. The number of hydrogen-bond donors (Lipinski definition) is 4. The molecule has 1 atom stereocenters. The number of terminal acetylenes is 1. The SMILES string of the molecule is C#CCC(N)C(=O)Nc1cc(C(=O)O)cc(C(=O)O)c1. The molecule has 1 unspecified atom stereocenters. The van der Waals surface area contributed by atoms with E-state index in [4.69, 9.17) is 22.4 Å². The molecule has 0 aliphatic carbocycles. The first-order chi connectivity index (χ1) is 9.35. The molecule has 1 aromatic rings. The van der Waals surface area contributed by atoms with E-state index in [0.717, 1.165) is 18.2 Å². The van der Waals surface area contributed by atoms with Crippen molar-refractivity contribution in [3.63, 3.8) is 0 Å². The van der Waals surface area contributed by atoms with Crippen LogP contribution in [-0.4, -0.2) is 34.1 Å². The summed E-state index contributed by atoms with van der Waals surface area (Å²) in [5.74, 6) is -1.02. The van der Waals surface area contributed by atoms with Crippen molar-refractivity contribution < 1.29 is 24.6 Å². The Balaban J connectivity index is 3.06. The van der Waals surface area contributed by atoms with Gasteiger partial charge in [-0.3, -0.25) is 4.79 Å². The Morgan fingerprint density at radius 3 is 2.10 bits per heavy atom. The predicted octanol–water partition coefficient (Wildman–Crippen LogP) is 0.372. The molecule has 5 N–H and O–H groups in total. The monoisotopic (exact) mass is 276 g/mol. The molecule has 0 aliphatic heterocycles. The van der Waals surface area contributed by atoms with Crippen LogP contribution in [0.5, 0.6) is 0 Å². The summed E-state index contributed by atoms with van der Waals surface area (Å²) >= 11 is 0. The minimum absolute atomic E-state index is 0.0102. The van der Waals surface area contributed by atoms with Gasteiger partial charge in [0.05, 0.1) is 17.2 Å². The lowest BCUT2D eigenvalue weighted by Gasteiger charge is -2.11. The van der Waals surface area contributed by atoms with Gasteiger partial charge in [0.1, 0.15) is 0 Å². The zero-order chi connectivity index (χ0) is 15.3. The number of amides is 1. The summed E-state index contributed by atoms with van der Waals surface area (Å²) in [5, 5.41) is 20.1. The van der Waals surface area contributed by atoms with Gasteiger partial charge in [0.25, 0.3) is 0 Å². The Hall–Kier alpha value is -2.85. The number of hydrogen-bond acceptors (Lipinski definition) is 4. The van der Waals surface area contributed by atoms with E-state index in [0.29, 0.717) is 0 Å². The van der Waals surface area contributed by atoms with Crippen molar-refractivity contribution in [1.29, 1.82) is 0 Å². The third-order valence-electron chi connectivity index (χ3n) is 2.37. The maximum absolute atomic E-state index is 11.6. The Kier molecular flexibility index (Phi) is 4.83. The van der Waals surface area contributed by atoms with Gasteiger partial charge in [-0.05, 0) is 18.2 Å². The van der Waals surface area contributed by atoms with Gasteiger partial charge in [-0.1, -0.05) is 0 Å². The normalized spacial score (nSPS) is 11.2. The number of carbonyl (C=O) groups is 3. The number of rotatable bonds is 5. The molecule has 0 radical (unpaired) electrons. The molecular weight excluding hydrogens is 264 g/mol. The highest BCUT2D eigenvalue weighted by molar-refractivity contribution is 5.99. The van der Waals surface area contributed by atoms with Crippen LogP contribution in [0.2, 0.25) is 0 Å². The van der Waals surface area contributed by atoms with Crippen LogP contribution in [0.4, 0.5) is 5.69 Å².